The van der Waals surface area contributed by atoms with E-state index in [4.69, 9.17) is 21.7 Å². The van der Waals surface area contributed by atoms with Crippen LogP contribution < -0.4 is 25.6 Å². The van der Waals surface area contributed by atoms with E-state index in [-0.39, 0.29) is 11.7 Å². The Labute approximate surface area is 189 Å². The van der Waals surface area contributed by atoms with Crippen molar-refractivity contribution in [2.45, 2.75) is 20.8 Å². The number of nitrogens with one attached hydrogen (secondary N) is 3. The minimum Gasteiger partial charge on any atom is -0.492 e. The number of thiocarbonyl (C=S) groups is 1. The van der Waals surface area contributed by atoms with Crippen LogP contribution >= 0.6 is 28.1 Å². The summed E-state index contributed by atoms with van der Waals surface area (Å²) in [5, 5.41) is 2.46. The minimum atomic E-state index is -0.449. The second-order valence-electron chi connectivity index (χ2n) is 6.86. The Morgan fingerprint density at radius 1 is 1.07 bits per heavy atom. The highest BCUT2D eigenvalue weighted by atomic mass is 79.9. The zero-order valence-corrected chi connectivity index (χ0v) is 19.4. The summed E-state index contributed by atoms with van der Waals surface area (Å²) < 4.78 is 12.1. The second kappa shape index (κ2) is 11.5. The van der Waals surface area contributed by atoms with Crippen molar-refractivity contribution in [3.05, 3.63) is 58.1 Å². The van der Waals surface area contributed by atoms with Gasteiger partial charge in [0.25, 0.3) is 11.8 Å². The molecule has 0 heterocycles. The summed E-state index contributed by atoms with van der Waals surface area (Å²) in [5.41, 5.74) is 6.11. The number of amides is 2. The van der Waals surface area contributed by atoms with Gasteiger partial charge in [0.15, 0.2) is 11.7 Å². The van der Waals surface area contributed by atoms with Gasteiger partial charge in [-0.3, -0.25) is 25.8 Å². The number of rotatable bonds is 7. The largest absolute Gasteiger partial charge is 0.492 e. The van der Waals surface area contributed by atoms with Gasteiger partial charge in [0, 0.05) is 4.47 Å². The van der Waals surface area contributed by atoms with Crippen LogP contribution in [0.15, 0.2) is 46.9 Å². The lowest BCUT2D eigenvalue weighted by Gasteiger charge is -2.14. The average molecular weight is 494 g/mol. The number of para-hydroxylation sites is 1. The predicted molar refractivity (Wildman–Crippen MR) is 122 cm³/mol. The summed E-state index contributed by atoms with van der Waals surface area (Å²) in [6, 6.07) is 12.4. The SMILES string of the molecule is Cc1cc(Br)ccc1OCC(=O)NNC(=S)NC(=O)c1ccccc1OCC(C)C. The van der Waals surface area contributed by atoms with E-state index < -0.39 is 11.8 Å². The first-order valence-electron chi connectivity index (χ1n) is 9.27. The fourth-order valence-corrected chi connectivity index (χ4v) is 2.94. The third kappa shape index (κ3) is 7.64. The summed E-state index contributed by atoms with van der Waals surface area (Å²) in [7, 11) is 0. The maximum atomic E-state index is 12.5. The average Bonchev–Trinajstić information content (AvgIpc) is 2.70. The molecule has 2 amide bonds. The molecule has 0 aromatic heterocycles. The molecule has 2 rings (SSSR count). The van der Waals surface area contributed by atoms with Crippen LogP contribution in [0.25, 0.3) is 0 Å². The van der Waals surface area contributed by atoms with Crippen LogP contribution in [0.5, 0.6) is 11.5 Å². The quantitative estimate of drug-likeness (QED) is 0.404. The fraction of sp³-hybridized carbons (Fsp3) is 0.286. The van der Waals surface area contributed by atoms with Crippen LogP contribution in [-0.2, 0) is 4.79 Å². The van der Waals surface area contributed by atoms with E-state index in [2.05, 4.69) is 32.1 Å². The maximum Gasteiger partial charge on any atom is 0.276 e. The highest BCUT2D eigenvalue weighted by molar-refractivity contribution is 9.10. The van der Waals surface area contributed by atoms with E-state index in [0.717, 1.165) is 10.0 Å². The number of hydrogen-bond donors (Lipinski definition) is 3. The standard InChI is InChI=1S/C21H24BrN3O4S/c1-13(2)11-28-18-7-5-4-6-16(18)20(27)23-21(30)25-24-19(26)12-29-17-9-8-15(22)10-14(17)3/h4-10,13H,11-12H2,1-3H3,(H,24,26)(H2,23,25,27,30). The van der Waals surface area contributed by atoms with Crippen molar-refractivity contribution in [3.8, 4) is 11.5 Å². The smallest absolute Gasteiger partial charge is 0.276 e. The van der Waals surface area contributed by atoms with E-state index in [1.165, 1.54) is 0 Å². The predicted octanol–water partition coefficient (Wildman–Crippen LogP) is 3.51. The van der Waals surface area contributed by atoms with Gasteiger partial charge >= 0.3 is 0 Å². The molecule has 0 saturated carbocycles. The van der Waals surface area contributed by atoms with Crippen molar-refractivity contribution in [2.75, 3.05) is 13.2 Å². The number of carbonyl (C=O) groups excluding carboxylic acids is 2. The van der Waals surface area contributed by atoms with E-state index in [1.54, 1.807) is 30.3 Å². The molecule has 0 bridgehead atoms. The fourth-order valence-electron chi connectivity index (χ4n) is 2.32. The number of carbonyl (C=O) groups is 2. The zero-order valence-electron chi connectivity index (χ0n) is 17.0. The molecule has 0 aliphatic carbocycles. The lowest BCUT2D eigenvalue weighted by atomic mass is 10.2. The Kier molecular flexibility index (Phi) is 9.07. The molecule has 0 aliphatic heterocycles. The van der Waals surface area contributed by atoms with Gasteiger partial charge in [0.05, 0.1) is 12.2 Å². The van der Waals surface area contributed by atoms with Crippen LogP contribution in [0, 0.1) is 12.8 Å². The molecule has 0 aliphatic rings. The summed E-state index contributed by atoms with van der Waals surface area (Å²) >= 11 is 8.44. The molecule has 0 atom stereocenters. The Morgan fingerprint density at radius 2 is 1.80 bits per heavy atom. The molecule has 0 radical (unpaired) electrons. The highest BCUT2D eigenvalue weighted by Gasteiger charge is 2.14. The summed E-state index contributed by atoms with van der Waals surface area (Å²) in [4.78, 5) is 24.4. The van der Waals surface area contributed by atoms with Crippen LogP contribution in [0.4, 0.5) is 0 Å². The molecule has 2 aromatic rings. The first-order chi connectivity index (χ1) is 14.3. The van der Waals surface area contributed by atoms with E-state index in [9.17, 15) is 9.59 Å². The Hall–Kier alpha value is -2.65. The third-order valence-electron chi connectivity index (χ3n) is 3.74. The van der Waals surface area contributed by atoms with Gasteiger partial charge in [-0.1, -0.05) is 41.9 Å². The molecule has 2 aromatic carbocycles. The molecule has 30 heavy (non-hydrogen) atoms. The van der Waals surface area contributed by atoms with Crippen LogP contribution in [0.3, 0.4) is 0 Å². The maximum absolute atomic E-state index is 12.5. The molecule has 0 saturated heterocycles. The molecule has 9 heteroatoms. The van der Waals surface area contributed by atoms with Gasteiger partial charge in [-0.2, -0.15) is 0 Å². The molecular weight excluding hydrogens is 470 g/mol. The molecule has 0 fully saturated rings. The number of hydrazine groups is 1. The molecule has 160 valence electrons. The van der Waals surface area contributed by atoms with Gasteiger partial charge in [-0.25, -0.2) is 0 Å². The topological polar surface area (TPSA) is 88.7 Å². The third-order valence-corrected chi connectivity index (χ3v) is 4.44. The molecular formula is C21H24BrN3O4S. The van der Waals surface area contributed by atoms with Crippen molar-refractivity contribution < 1.29 is 19.1 Å². The van der Waals surface area contributed by atoms with Crippen molar-refractivity contribution in [1.29, 1.82) is 0 Å². The lowest BCUT2D eigenvalue weighted by Crippen LogP contribution is -2.49. The van der Waals surface area contributed by atoms with Crippen molar-refractivity contribution >= 4 is 45.1 Å². The second-order valence-corrected chi connectivity index (χ2v) is 8.18. The highest BCUT2D eigenvalue weighted by Crippen LogP contribution is 2.22. The Bertz CT molecular complexity index is 921. The van der Waals surface area contributed by atoms with E-state index in [1.807, 2.05) is 32.9 Å². The number of ether oxygens (including phenoxy) is 2. The zero-order chi connectivity index (χ0) is 22.1. The molecule has 0 unspecified atom stereocenters. The number of benzene rings is 2. The van der Waals surface area contributed by atoms with Crippen LogP contribution in [0.2, 0.25) is 0 Å². The van der Waals surface area contributed by atoms with Crippen LogP contribution in [-0.4, -0.2) is 30.1 Å². The Balaban J connectivity index is 1.81. The first kappa shape index (κ1) is 23.6. The molecule has 7 nitrogen and oxygen atoms in total. The summed E-state index contributed by atoms with van der Waals surface area (Å²) in [5.74, 6) is 0.496. The van der Waals surface area contributed by atoms with Gasteiger partial charge in [0.1, 0.15) is 11.5 Å². The Morgan fingerprint density at radius 3 is 2.50 bits per heavy atom. The van der Waals surface area contributed by atoms with Gasteiger partial charge in [-0.05, 0) is 61.0 Å². The van der Waals surface area contributed by atoms with Crippen molar-refractivity contribution in [3.63, 3.8) is 0 Å². The van der Waals surface area contributed by atoms with Crippen molar-refractivity contribution in [2.24, 2.45) is 5.92 Å². The number of halogens is 1. The van der Waals surface area contributed by atoms with E-state index in [0.29, 0.717) is 29.6 Å². The first-order valence-corrected chi connectivity index (χ1v) is 10.5. The van der Waals surface area contributed by atoms with E-state index >= 15 is 0 Å². The molecule has 0 spiro atoms. The van der Waals surface area contributed by atoms with Gasteiger partial charge < -0.3 is 9.47 Å². The van der Waals surface area contributed by atoms with Crippen molar-refractivity contribution in [1.82, 2.24) is 16.2 Å². The molecule has 3 N–H and O–H groups in total. The van der Waals surface area contributed by atoms with Crippen LogP contribution in [0.1, 0.15) is 29.8 Å². The normalized spacial score (nSPS) is 10.3. The number of hydrogen-bond acceptors (Lipinski definition) is 5. The monoisotopic (exact) mass is 493 g/mol. The number of aryl methyl sites for hydroxylation is 1. The summed E-state index contributed by atoms with van der Waals surface area (Å²) in [6.07, 6.45) is 0. The van der Waals surface area contributed by atoms with Gasteiger partial charge in [-0.15, -0.1) is 0 Å². The minimum absolute atomic E-state index is 0.0492. The lowest BCUT2D eigenvalue weighted by molar-refractivity contribution is -0.123. The van der Waals surface area contributed by atoms with Gasteiger partial charge in [0.2, 0.25) is 0 Å². The summed E-state index contributed by atoms with van der Waals surface area (Å²) in [6.45, 7) is 6.20.